The molecule has 1 heteroatoms. The fraction of sp³-hybridized carbons (Fsp3) is 0.412. The Hall–Kier alpha value is -1.34. The first-order valence-corrected chi connectivity index (χ1v) is 6.92. The molecule has 0 heterocycles. The van der Waals surface area contributed by atoms with E-state index < -0.39 is 5.60 Å². The van der Waals surface area contributed by atoms with E-state index in [1.807, 2.05) is 0 Å². The highest BCUT2D eigenvalue weighted by Crippen LogP contribution is 2.49. The van der Waals surface area contributed by atoms with Crippen molar-refractivity contribution in [3.63, 3.8) is 0 Å². The zero-order valence-corrected chi connectivity index (χ0v) is 10.9. The second-order valence-corrected chi connectivity index (χ2v) is 5.61. The molecule has 2 aromatic rings. The number of benzene rings is 2. The summed E-state index contributed by atoms with van der Waals surface area (Å²) >= 11 is 0. The summed E-state index contributed by atoms with van der Waals surface area (Å²) in [6.07, 6.45) is 4.10. The van der Waals surface area contributed by atoms with Crippen molar-refractivity contribution in [2.45, 2.75) is 38.2 Å². The quantitative estimate of drug-likeness (QED) is 0.858. The Morgan fingerprint density at radius 1 is 1.17 bits per heavy atom. The summed E-state index contributed by atoms with van der Waals surface area (Å²) in [5.41, 5.74) is 0.856. The van der Waals surface area contributed by atoms with Gasteiger partial charge in [-0.2, -0.15) is 0 Å². The van der Waals surface area contributed by atoms with E-state index in [1.165, 1.54) is 22.8 Å². The third-order valence-corrected chi connectivity index (χ3v) is 4.21. The average Bonchev–Trinajstić information content (AvgIpc) is 3.00. The Kier molecular flexibility index (Phi) is 2.87. The molecular weight excluding hydrogens is 220 g/mol. The SMILES string of the molecule is CCCC1CC1(O)Cc1cccc2ccccc12. The minimum absolute atomic E-state index is 0.430. The molecule has 94 valence electrons. The van der Waals surface area contributed by atoms with E-state index in [2.05, 4.69) is 49.4 Å². The Bertz CT molecular complexity index is 555. The molecule has 3 rings (SSSR count). The maximum atomic E-state index is 10.5. The lowest BCUT2D eigenvalue weighted by Crippen LogP contribution is -2.15. The molecule has 2 atom stereocenters. The molecule has 0 radical (unpaired) electrons. The number of fused-ring (bicyclic) bond motifs is 1. The van der Waals surface area contributed by atoms with Gasteiger partial charge in [0.05, 0.1) is 5.60 Å². The lowest BCUT2D eigenvalue weighted by molar-refractivity contribution is 0.130. The van der Waals surface area contributed by atoms with Crippen LogP contribution < -0.4 is 0 Å². The Labute approximate surface area is 108 Å². The van der Waals surface area contributed by atoms with Gasteiger partial charge in [0.1, 0.15) is 0 Å². The van der Waals surface area contributed by atoms with Gasteiger partial charge in [-0.1, -0.05) is 55.8 Å². The monoisotopic (exact) mass is 240 g/mol. The van der Waals surface area contributed by atoms with Crippen LogP contribution in [-0.2, 0) is 6.42 Å². The molecule has 2 unspecified atom stereocenters. The van der Waals surface area contributed by atoms with Crippen LogP contribution in [0.25, 0.3) is 10.8 Å². The molecule has 0 amide bonds. The molecule has 0 bridgehead atoms. The van der Waals surface area contributed by atoms with E-state index in [4.69, 9.17) is 0 Å². The first-order chi connectivity index (χ1) is 8.73. The average molecular weight is 240 g/mol. The first-order valence-electron chi connectivity index (χ1n) is 6.92. The van der Waals surface area contributed by atoms with Crippen molar-refractivity contribution in [1.29, 1.82) is 0 Å². The summed E-state index contributed by atoms with van der Waals surface area (Å²) < 4.78 is 0. The molecule has 0 aliphatic heterocycles. The van der Waals surface area contributed by atoms with Gasteiger partial charge >= 0.3 is 0 Å². The van der Waals surface area contributed by atoms with E-state index in [-0.39, 0.29) is 0 Å². The molecule has 0 spiro atoms. The zero-order chi connectivity index (χ0) is 12.6. The van der Waals surface area contributed by atoms with Crippen molar-refractivity contribution in [1.82, 2.24) is 0 Å². The van der Waals surface area contributed by atoms with Gasteiger partial charge in [0.25, 0.3) is 0 Å². The van der Waals surface area contributed by atoms with E-state index >= 15 is 0 Å². The van der Waals surface area contributed by atoms with Crippen molar-refractivity contribution in [3.8, 4) is 0 Å². The van der Waals surface area contributed by atoms with Crippen LogP contribution in [0.3, 0.4) is 0 Å². The normalized spacial score (nSPS) is 26.4. The van der Waals surface area contributed by atoms with Crippen molar-refractivity contribution >= 4 is 10.8 Å². The minimum Gasteiger partial charge on any atom is -0.389 e. The Morgan fingerprint density at radius 2 is 1.94 bits per heavy atom. The van der Waals surface area contributed by atoms with Crippen LogP contribution in [0, 0.1) is 5.92 Å². The van der Waals surface area contributed by atoms with E-state index in [0.29, 0.717) is 5.92 Å². The molecule has 18 heavy (non-hydrogen) atoms. The second-order valence-electron chi connectivity index (χ2n) is 5.61. The number of hydrogen-bond donors (Lipinski definition) is 1. The molecule has 1 aliphatic rings. The predicted octanol–water partition coefficient (Wildman–Crippen LogP) is 3.93. The summed E-state index contributed by atoms with van der Waals surface area (Å²) in [5.74, 6) is 0.515. The molecule has 0 aromatic heterocycles. The smallest absolute Gasteiger partial charge is 0.0720 e. The molecule has 0 saturated heterocycles. The van der Waals surface area contributed by atoms with Gasteiger partial charge in [-0.25, -0.2) is 0 Å². The fourth-order valence-corrected chi connectivity index (χ4v) is 3.08. The summed E-state index contributed by atoms with van der Waals surface area (Å²) in [6, 6.07) is 14.8. The predicted molar refractivity (Wildman–Crippen MR) is 75.6 cm³/mol. The Balaban J connectivity index is 1.88. The molecule has 1 fully saturated rings. The van der Waals surface area contributed by atoms with Crippen molar-refractivity contribution < 1.29 is 5.11 Å². The zero-order valence-electron chi connectivity index (χ0n) is 10.9. The number of aliphatic hydroxyl groups is 1. The van der Waals surface area contributed by atoms with Crippen LogP contribution in [0.1, 0.15) is 31.7 Å². The van der Waals surface area contributed by atoms with Gasteiger partial charge in [0.15, 0.2) is 0 Å². The van der Waals surface area contributed by atoms with E-state index in [0.717, 1.165) is 19.3 Å². The minimum atomic E-state index is -0.430. The molecule has 1 nitrogen and oxygen atoms in total. The Morgan fingerprint density at radius 3 is 2.78 bits per heavy atom. The van der Waals surface area contributed by atoms with Crippen molar-refractivity contribution in [3.05, 3.63) is 48.0 Å². The highest BCUT2D eigenvalue weighted by molar-refractivity contribution is 5.85. The van der Waals surface area contributed by atoms with Crippen LogP contribution in [0.15, 0.2) is 42.5 Å². The number of rotatable bonds is 4. The van der Waals surface area contributed by atoms with Crippen LogP contribution >= 0.6 is 0 Å². The van der Waals surface area contributed by atoms with Gasteiger partial charge in [-0.3, -0.25) is 0 Å². The standard InChI is InChI=1S/C17H20O/c1-2-6-15-12-17(15,18)11-14-9-5-8-13-7-3-4-10-16(13)14/h3-5,7-10,15,18H,2,6,11-12H2,1H3. The highest BCUT2D eigenvalue weighted by Gasteiger charge is 2.51. The van der Waals surface area contributed by atoms with Crippen molar-refractivity contribution in [2.75, 3.05) is 0 Å². The van der Waals surface area contributed by atoms with Crippen LogP contribution in [0.5, 0.6) is 0 Å². The summed E-state index contributed by atoms with van der Waals surface area (Å²) in [6.45, 7) is 2.19. The van der Waals surface area contributed by atoms with Gasteiger partial charge in [-0.05, 0) is 35.1 Å². The molecule has 1 aliphatic carbocycles. The molecular formula is C17H20O. The first kappa shape index (κ1) is 11.7. The summed E-state index contributed by atoms with van der Waals surface area (Å²) in [7, 11) is 0. The van der Waals surface area contributed by atoms with E-state index in [1.54, 1.807) is 0 Å². The van der Waals surface area contributed by atoms with Crippen LogP contribution in [0.2, 0.25) is 0 Å². The van der Waals surface area contributed by atoms with Gasteiger partial charge in [-0.15, -0.1) is 0 Å². The molecule has 1 N–H and O–H groups in total. The maximum absolute atomic E-state index is 10.5. The van der Waals surface area contributed by atoms with E-state index in [9.17, 15) is 5.11 Å². The molecule has 2 aromatic carbocycles. The topological polar surface area (TPSA) is 20.2 Å². The lowest BCUT2D eigenvalue weighted by Gasteiger charge is -2.12. The van der Waals surface area contributed by atoms with Gasteiger partial charge < -0.3 is 5.11 Å². The number of hydrogen-bond acceptors (Lipinski definition) is 1. The lowest BCUT2D eigenvalue weighted by atomic mass is 9.97. The second kappa shape index (κ2) is 4.40. The highest BCUT2D eigenvalue weighted by atomic mass is 16.3. The summed E-state index contributed by atoms with van der Waals surface area (Å²) in [5, 5.41) is 13.1. The van der Waals surface area contributed by atoms with Crippen LogP contribution in [0.4, 0.5) is 0 Å². The largest absolute Gasteiger partial charge is 0.389 e. The van der Waals surface area contributed by atoms with Gasteiger partial charge in [0, 0.05) is 6.42 Å². The van der Waals surface area contributed by atoms with Crippen molar-refractivity contribution in [2.24, 2.45) is 5.92 Å². The molecule has 1 saturated carbocycles. The van der Waals surface area contributed by atoms with Crippen LogP contribution in [-0.4, -0.2) is 10.7 Å². The summed E-state index contributed by atoms with van der Waals surface area (Å²) in [4.78, 5) is 0. The maximum Gasteiger partial charge on any atom is 0.0720 e. The van der Waals surface area contributed by atoms with Gasteiger partial charge in [0.2, 0.25) is 0 Å². The third kappa shape index (κ3) is 2.04. The third-order valence-electron chi connectivity index (χ3n) is 4.21. The fourth-order valence-electron chi connectivity index (χ4n) is 3.08.